The number of halogens is 2. The van der Waals surface area contributed by atoms with E-state index < -0.39 is 0 Å². The predicted molar refractivity (Wildman–Crippen MR) is 73.2 cm³/mol. The van der Waals surface area contributed by atoms with Crippen molar-refractivity contribution in [2.45, 2.75) is 0 Å². The van der Waals surface area contributed by atoms with Crippen LogP contribution >= 0.6 is 27.5 Å². The van der Waals surface area contributed by atoms with Crippen molar-refractivity contribution in [3.63, 3.8) is 0 Å². The Morgan fingerprint density at radius 3 is 2.78 bits per heavy atom. The standard InChI is InChI=1S/C11H7BrClN5/c12-8-6-14-10-9(16-11(13)17-18(8)10)15-7-4-2-1-3-5-7/h1-6H,(H,15,16,17). The van der Waals surface area contributed by atoms with Crippen LogP contribution in [0.2, 0.25) is 5.28 Å². The summed E-state index contributed by atoms with van der Waals surface area (Å²) >= 11 is 9.23. The summed E-state index contributed by atoms with van der Waals surface area (Å²) in [5, 5.41) is 7.37. The quantitative estimate of drug-likeness (QED) is 0.786. The molecule has 0 bridgehead atoms. The first-order valence-corrected chi connectivity index (χ1v) is 6.30. The van der Waals surface area contributed by atoms with Gasteiger partial charge in [-0.2, -0.15) is 4.98 Å². The van der Waals surface area contributed by atoms with Crippen LogP contribution in [-0.4, -0.2) is 19.6 Å². The van der Waals surface area contributed by atoms with Gasteiger partial charge in [-0.3, -0.25) is 0 Å². The Morgan fingerprint density at radius 2 is 2.00 bits per heavy atom. The van der Waals surface area contributed by atoms with E-state index in [0.717, 1.165) is 10.3 Å². The van der Waals surface area contributed by atoms with E-state index in [4.69, 9.17) is 11.6 Å². The molecule has 7 heteroatoms. The summed E-state index contributed by atoms with van der Waals surface area (Å²) in [6.07, 6.45) is 1.65. The van der Waals surface area contributed by atoms with Gasteiger partial charge in [0.2, 0.25) is 5.28 Å². The van der Waals surface area contributed by atoms with Crippen molar-refractivity contribution in [3.8, 4) is 0 Å². The number of fused-ring (bicyclic) bond motifs is 1. The fourth-order valence-electron chi connectivity index (χ4n) is 1.57. The van der Waals surface area contributed by atoms with Crippen molar-refractivity contribution in [1.29, 1.82) is 0 Å². The molecule has 0 amide bonds. The topological polar surface area (TPSA) is 55.1 Å². The van der Waals surface area contributed by atoms with Crippen LogP contribution in [0, 0.1) is 0 Å². The highest BCUT2D eigenvalue weighted by Crippen LogP contribution is 2.22. The first kappa shape index (κ1) is 11.4. The van der Waals surface area contributed by atoms with Crippen molar-refractivity contribution < 1.29 is 0 Å². The number of nitrogens with zero attached hydrogens (tertiary/aromatic N) is 4. The molecule has 0 aliphatic rings. The Morgan fingerprint density at radius 1 is 1.22 bits per heavy atom. The second-order valence-electron chi connectivity index (χ2n) is 3.54. The fraction of sp³-hybridized carbons (Fsp3) is 0. The van der Waals surface area contributed by atoms with Gasteiger partial charge in [0.25, 0.3) is 0 Å². The molecule has 0 fully saturated rings. The van der Waals surface area contributed by atoms with Gasteiger partial charge in [0.15, 0.2) is 11.5 Å². The minimum atomic E-state index is 0.152. The van der Waals surface area contributed by atoms with Crippen LogP contribution in [-0.2, 0) is 0 Å². The Hall–Kier alpha value is -1.66. The minimum Gasteiger partial charge on any atom is -0.337 e. The molecule has 1 aromatic carbocycles. The van der Waals surface area contributed by atoms with Crippen molar-refractivity contribution in [2.75, 3.05) is 5.32 Å². The molecule has 2 heterocycles. The number of hydrogen-bond donors (Lipinski definition) is 1. The zero-order valence-electron chi connectivity index (χ0n) is 9.01. The lowest BCUT2D eigenvalue weighted by molar-refractivity contribution is 0.885. The number of para-hydroxylation sites is 1. The van der Waals surface area contributed by atoms with E-state index in [-0.39, 0.29) is 5.28 Å². The van der Waals surface area contributed by atoms with Gasteiger partial charge in [0.1, 0.15) is 4.60 Å². The lowest BCUT2D eigenvalue weighted by Gasteiger charge is -2.06. The van der Waals surface area contributed by atoms with E-state index in [9.17, 15) is 0 Å². The van der Waals surface area contributed by atoms with E-state index in [2.05, 4.69) is 36.3 Å². The molecule has 2 aromatic heterocycles. The van der Waals surface area contributed by atoms with E-state index in [1.54, 1.807) is 10.7 Å². The fourth-order valence-corrected chi connectivity index (χ4v) is 2.08. The van der Waals surface area contributed by atoms with Gasteiger partial charge in [-0.15, -0.1) is 5.10 Å². The molecule has 0 radical (unpaired) electrons. The van der Waals surface area contributed by atoms with Gasteiger partial charge < -0.3 is 5.32 Å². The van der Waals surface area contributed by atoms with Gasteiger partial charge in [-0.05, 0) is 39.7 Å². The minimum absolute atomic E-state index is 0.152. The Labute approximate surface area is 116 Å². The second kappa shape index (κ2) is 4.55. The van der Waals surface area contributed by atoms with Crippen LogP contribution in [0.1, 0.15) is 0 Å². The molecule has 3 rings (SSSR count). The molecular formula is C11H7BrClN5. The number of rotatable bonds is 2. The van der Waals surface area contributed by atoms with Crippen molar-refractivity contribution in [1.82, 2.24) is 19.6 Å². The summed E-state index contributed by atoms with van der Waals surface area (Å²) in [6, 6.07) is 9.68. The lowest BCUT2D eigenvalue weighted by atomic mass is 10.3. The van der Waals surface area contributed by atoms with Gasteiger partial charge >= 0.3 is 0 Å². The molecule has 3 aromatic rings. The summed E-state index contributed by atoms with van der Waals surface area (Å²) in [6.45, 7) is 0. The normalized spacial score (nSPS) is 10.8. The van der Waals surface area contributed by atoms with E-state index in [0.29, 0.717) is 11.5 Å². The maximum absolute atomic E-state index is 5.89. The molecule has 0 saturated carbocycles. The van der Waals surface area contributed by atoms with E-state index in [1.807, 2.05) is 30.3 Å². The van der Waals surface area contributed by atoms with Gasteiger partial charge in [0, 0.05) is 5.69 Å². The molecular weight excluding hydrogens is 318 g/mol. The van der Waals surface area contributed by atoms with Crippen molar-refractivity contribution in [3.05, 3.63) is 46.4 Å². The van der Waals surface area contributed by atoms with Gasteiger partial charge in [-0.1, -0.05) is 18.2 Å². The van der Waals surface area contributed by atoms with Gasteiger partial charge in [0.05, 0.1) is 6.20 Å². The summed E-state index contributed by atoms with van der Waals surface area (Å²) in [4.78, 5) is 8.37. The zero-order chi connectivity index (χ0) is 12.5. The number of benzene rings is 1. The molecule has 0 aliphatic heterocycles. The smallest absolute Gasteiger partial charge is 0.243 e. The lowest BCUT2D eigenvalue weighted by Crippen LogP contribution is -2.02. The summed E-state index contributed by atoms with van der Waals surface area (Å²) in [5.74, 6) is 0.562. The third-order valence-electron chi connectivity index (χ3n) is 2.33. The van der Waals surface area contributed by atoms with Crippen LogP contribution in [0.4, 0.5) is 11.5 Å². The number of imidazole rings is 1. The maximum Gasteiger partial charge on any atom is 0.243 e. The number of nitrogens with one attached hydrogen (secondary N) is 1. The summed E-state index contributed by atoms with van der Waals surface area (Å²) in [7, 11) is 0. The highest BCUT2D eigenvalue weighted by atomic mass is 79.9. The Bertz CT molecular complexity index is 697. The van der Waals surface area contributed by atoms with Crippen molar-refractivity contribution in [2.24, 2.45) is 0 Å². The van der Waals surface area contributed by atoms with Crippen LogP contribution in [0.25, 0.3) is 5.65 Å². The van der Waals surface area contributed by atoms with Crippen LogP contribution in [0.15, 0.2) is 41.1 Å². The SMILES string of the molecule is Clc1nc(Nc2ccccc2)c2ncc(Br)n2n1. The average Bonchev–Trinajstić information content (AvgIpc) is 2.73. The van der Waals surface area contributed by atoms with Crippen LogP contribution in [0.5, 0.6) is 0 Å². The van der Waals surface area contributed by atoms with E-state index >= 15 is 0 Å². The van der Waals surface area contributed by atoms with Crippen LogP contribution in [0.3, 0.4) is 0 Å². The third kappa shape index (κ3) is 2.04. The third-order valence-corrected chi connectivity index (χ3v) is 3.03. The molecule has 0 atom stereocenters. The van der Waals surface area contributed by atoms with Gasteiger partial charge in [-0.25, -0.2) is 9.50 Å². The first-order valence-electron chi connectivity index (χ1n) is 5.13. The largest absolute Gasteiger partial charge is 0.337 e. The van der Waals surface area contributed by atoms with Crippen LogP contribution < -0.4 is 5.32 Å². The molecule has 0 spiro atoms. The number of anilines is 2. The molecule has 0 saturated heterocycles. The summed E-state index contributed by atoms with van der Waals surface area (Å²) in [5.41, 5.74) is 1.52. The maximum atomic E-state index is 5.89. The highest BCUT2D eigenvalue weighted by Gasteiger charge is 2.10. The Kier molecular flexibility index (Phi) is 2.89. The molecule has 18 heavy (non-hydrogen) atoms. The van der Waals surface area contributed by atoms with E-state index in [1.165, 1.54) is 0 Å². The van der Waals surface area contributed by atoms with Crippen molar-refractivity contribution >= 4 is 44.7 Å². The highest BCUT2D eigenvalue weighted by molar-refractivity contribution is 9.10. The molecule has 0 unspecified atom stereocenters. The molecule has 1 N–H and O–H groups in total. The molecule has 5 nitrogen and oxygen atoms in total. The Balaban J connectivity index is 2.11. The average molecular weight is 325 g/mol. The number of hydrogen-bond acceptors (Lipinski definition) is 4. The summed E-state index contributed by atoms with van der Waals surface area (Å²) < 4.78 is 2.30. The monoisotopic (exact) mass is 323 g/mol. The zero-order valence-corrected chi connectivity index (χ0v) is 11.4. The predicted octanol–water partition coefficient (Wildman–Crippen LogP) is 3.28. The second-order valence-corrected chi connectivity index (χ2v) is 4.69. The first-order chi connectivity index (χ1) is 8.74. The molecule has 0 aliphatic carbocycles. The number of aromatic nitrogens is 4. The molecule has 90 valence electrons.